The molecule has 5 nitrogen and oxygen atoms in total. The number of hydrogen-bond donors (Lipinski definition) is 2. The lowest BCUT2D eigenvalue weighted by Crippen LogP contribution is -2.45. The van der Waals surface area contributed by atoms with Crippen LogP contribution in [0.4, 0.5) is 5.69 Å². The number of aliphatic carboxylic acids is 1. The molecule has 24 heavy (non-hydrogen) atoms. The van der Waals surface area contributed by atoms with Gasteiger partial charge >= 0.3 is 5.97 Å². The third-order valence-electron chi connectivity index (χ3n) is 3.80. The Kier molecular flexibility index (Phi) is 6.51. The van der Waals surface area contributed by atoms with Crippen molar-refractivity contribution in [3.63, 3.8) is 0 Å². The second kappa shape index (κ2) is 8.84. The molecule has 2 aromatic carbocycles. The van der Waals surface area contributed by atoms with Crippen LogP contribution in [0.1, 0.15) is 29.6 Å². The van der Waals surface area contributed by atoms with Gasteiger partial charge in [0, 0.05) is 11.3 Å². The van der Waals surface area contributed by atoms with Crippen LogP contribution in [-0.4, -0.2) is 29.6 Å². The molecule has 0 saturated heterocycles. The predicted octanol–water partition coefficient (Wildman–Crippen LogP) is 2.92. The summed E-state index contributed by atoms with van der Waals surface area (Å²) >= 11 is 0. The minimum absolute atomic E-state index is 0.318. The van der Waals surface area contributed by atoms with Crippen molar-refractivity contribution in [2.24, 2.45) is 5.73 Å². The van der Waals surface area contributed by atoms with Crippen molar-refractivity contribution in [1.29, 1.82) is 0 Å². The zero-order chi connectivity index (χ0) is 17.4. The number of carboxylic acid groups (broad SMARTS) is 1. The molecule has 0 saturated carbocycles. The molecular formula is C19H22N2O3. The fraction of sp³-hybridized carbons (Fsp3) is 0.263. The molecule has 0 aliphatic heterocycles. The molecule has 0 aromatic heterocycles. The quantitative estimate of drug-likeness (QED) is 0.731. The summed E-state index contributed by atoms with van der Waals surface area (Å²) in [6.45, 7) is 0.504. The van der Waals surface area contributed by atoms with E-state index in [0.29, 0.717) is 30.6 Å². The van der Waals surface area contributed by atoms with Crippen LogP contribution in [0.5, 0.6) is 0 Å². The van der Waals surface area contributed by atoms with Gasteiger partial charge in [-0.3, -0.25) is 9.69 Å². The third kappa shape index (κ3) is 4.43. The minimum Gasteiger partial charge on any atom is -0.480 e. The molecule has 0 heterocycles. The minimum atomic E-state index is -1.01. The maximum Gasteiger partial charge on any atom is 0.326 e. The molecule has 0 fully saturated rings. The second-order valence-electron chi connectivity index (χ2n) is 5.52. The van der Waals surface area contributed by atoms with Crippen molar-refractivity contribution >= 4 is 17.6 Å². The highest BCUT2D eigenvalue weighted by molar-refractivity contribution is 6.09. The summed E-state index contributed by atoms with van der Waals surface area (Å²) in [5.74, 6) is -1.33. The van der Waals surface area contributed by atoms with E-state index in [1.807, 2.05) is 12.1 Å². The summed E-state index contributed by atoms with van der Waals surface area (Å²) in [5.41, 5.74) is 6.54. The van der Waals surface area contributed by atoms with Gasteiger partial charge in [0.25, 0.3) is 5.91 Å². The Morgan fingerprint density at radius 1 is 0.958 bits per heavy atom. The Bertz CT molecular complexity index is 659. The highest BCUT2D eigenvalue weighted by Crippen LogP contribution is 2.23. The van der Waals surface area contributed by atoms with Crippen LogP contribution in [0, 0.1) is 0 Å². The number of nitrogens with zero attached hydrogens (tertiary/aromatic N) is 1. The monoisotopic (exact) mass is 326 g/mol. The van der Waals surface area contributed by atoms with Crippen LogP contribution in [0.25, 0.3) is 0 Å². The Labute approximate surface area is 141 Å². The second-order valence-corrected chi connectivity index (χ2v) is 5.52. The lowest BCUT2D eigenvalue weighted by Gasteiger charge is -2.29. The Hall–Kier alpha value is -2.66. The number of para-hydroxylation sites is 1. The molecule has 0 unspecified atom stereocenters. The molecule has 0 bridgehead atoms. The van der Waals surface area contributed by atoms with Crippen molar-refractivity contribution in [1.82, 2.24) is 0 Å². The topological polar surface area (TPSA) is 83.6 Å². The number of nitrogens with two attached hydrogens (primary N) is 1. The first-order valence-corrected chi connectivity index (χ1v) is 8.01. The van der Waals surface area contributed by atoms with Crippen molar-refractivity contribution in [3.05, 3.63) is 66.2 Å². The first-order valence-electron chi connectivity index (χ1n) is 8.01. The number of carbonyl (C=O) groups is 2. The zero-order valence-electron chi connectivity index (χ0n) is 13.5. The maximum atomic E-state index is 13.0. The molecule has 2 aromatic rings. The normalized spacial score (nSPS) is 11.7. The summed E-state index contributed by atoms with van der Waals surface area (Å²) in [7, 11) is 0. The Morgan fingerprint density at radius 3 is 2.08 bits per heavy atom. The highest BCUT2D eigenvalue weighted by atomic mass is 16.4. The fourth-order valence-electron chi connectivity index (χ4n) is 2.59. The van der Waals surface area contributed by atoms with Gasteiger partial charge in [-0.25, -0.2) is 4.79 Å². The number of hydrogen-bond acceptors (Lipinski definition) is 3. The van der Waals surface area contributed by atoms with Gasteiger partial charge in [0.05, 0.1) is 0 Å². The van der Waals surface area contributed by atoms with Crippen LogP contribution in [0.15, 0.2) is 60.7 Å². The lowest BCUT2D eigenvalue weighted by atomic mass is 10.0. The molecule has 3 N–H and O–H groups in total. The van der Waals surface area contributed by atoms with Gasteiger partial charge in [-0.15, -0.1) is 0 Å². The molecule has 0 aliphatic rings. The van der Waals surface area contributed by atoms with E-state index in [1.54, 1.807) is 48.5 Å². The highest BCUT2D eigenvalue weighted by Gasteiger charge is 2.31. The van der Waals surface area contributed by atoms with Crippen LogP contribution in [0.3, 0.4) is 0 Å². The molecule has 2 rings (SSSR count). The van der Waals surface area contributed by atoms with Crippen molar-refractivity contribution in [2.45, 2.75) is 25.3 Å². The van der Waals surface area contributed by atoms with Gasteiger partial charge in [-0.05, 0) is 50.1 Å². The van der Waals surface area contributed by atoms with E-state index in [9.17, 15) is 14.7 Å². The van der Waals surface area contributed by atoms with E-state index in [2.05, 4.69) is 0 Å². The van der Waals surface area contributed by atoms with Crippen molar-refractivity contribution in [3.8, 4) is 0 Å². The summed E-state index contributed by atoms with van der Waals surface area (Å²) in [5, 5.41) is 9.67. The molecule has 5 heteroatoms. The summed E-state index contributed by atoms with van der Waals surface area (Å²) in [6, 6.07) is 16.7. The molecular weight excluding hydrogens is 304 g/mol. The average molecular weight is 326 g/mol. The molecule has 0 spiro atoms. The molecule has 0 radical (unpaired) electrons. The lowest BCUT2D eigenvalue weighted by molar-refractivity contribution is -0.138. The van der Waals surface area contributed by atoms with Crippen LogP contribution >= 0.6 is 0 Å². The summed E-state index contributed by atoms with van der Waals surface area (Å²) in [4.78, 5) is 26.2. The molecule has 1 amide bonds. The summed E-state index contributed by atoms with van der Waals surface area (Å²) in [6.07, 6.45) is 1.74. The van der Waals surface area contributed by atoms with Gasteiger partial charge in [0.2, 0.25) is 0 Å². The smallest absolute Gasteiger partial charge is 0.326 e. The van der Waals surface area contributed by atoms with Crippen LogP contribution in [-0.2, 0) is 4.79 Å². The van der Waals surface area contributed by atoms with E-state index in [-0.39, 0.29) is 5.91 Å². The number of rotatable bonds is 8. The SMILES string of the molecule is NCCCC[C@H](C(=O)O)N(C(=O)c1ccccc1)c1ccccc1. The van der Waals surface area contributed by atoms with E-state index in [1.165, 1.54) is 4.90 Å². The number of amides is 1. The van der Waals surface area contributed by atoms with E-state index < -0.39 is 12.0 Å². The fourth-order valence-corrected chi connectivity index (χ4v) is 2.59. The van der Waals surface area contributed by atoms with E-state index in [4.69, 9.17) is 5.73 Å². The molecule has 1 atom stereocenters. The molecule has 126 valence electrons. The number of unbranched alkanes of at least 4 members (excludes halogenated alkanes) is 1. The largest absolute Gasteiger partial charge is 0.480 e. The number of anilines is 1. The third-order valence-corrected chi connectivity index (χ3v) is 3.80. The first kappa shape index (κ1) is 17.7. The molecule has 0 aliphatic carbocycles. The van der Waals surface area contributed by atoms with Gasteiger partial charge in [-0.1, -0.05) is 36.4 Å². The van der Waals surface area contributed by atoms with Crippen LogP contribution < -0.4 is 10.6 Å². The number of benzene rings is 2. The standard InChI is InChI=1S/C19H22N2O3/c20-14-8-7-13-17(19(23)24)21(16-11-5-2-6-12-16)18(22)15-9-3-1-4-10-15/h1-6,9-12,17H,7-8,13-14,20H2,(H,23,24)/t17-/m1/s1. The summed E-state index contributed by atoms with van der Waals surface area (Å²) < 4.78 is 0. The van der Waals surface area contributed by atoms with Gasteiger partial charge < -0.3 is 10.8 Å². The van der Waals surface area contributed by atoms with Crippen molar-refractivity contribution < 1.29 is 14.7 Å². The first-order chi connectivity index (χ1) is 11.6. The van der Waals surface area contributed by atoms with Gasteiger partial charge in [0.15, 0.2) is 0 Å². The Morgan fingerprint density at radius 2 is 1.54 bits per heavy atom. The van der Waals surface area contributed by atoms with Crippen LogP contribution in [0.2, 0.25) is 0 Å². The van der Waals surface area contributed by atoms with Gasteiger partial charge in [0.1, 0.15) is 6.04 Å². The van der Waals surface area contributed by atoms with Crippen molar-refractivity contribution in [2.75, 3.05) is 11.4 Å². The number of carboxylic acids is 1. The van der Waals surface area contributed by atoms with E-state index >= 15 is 0 Å². The maximum absolute atomic E-state index is 13.0. The average Bonchev–Trinajstić information content (AvgIpc) is 2.62. The predicted molar refractivity (Wildman–Crippen MR) is 94.0 cm³/mol. The van der Waals surface area contributed by atoms with Gasteiger partial charge in [-0.2, -0.15) is 0 Å². The zero-order valence-corrected chi connectivity index (χ0v) is 13.5. The van der Waals surface area contributed by atoms with E-state index in [0.717, 1.165) is 6.42 Å². The number of carbonyl (C=O) groups excluding carboxylic acids is 1. The Balaban J connectivity index is 2.38.